The third kappa shape index (κ3) is 5.49. The van der Waals surface area contributed by atoms with Crippen molar-refractivity contribution in [2.24, 2.45) is 0 Å². The van der Waals surface area contributed by atoms with Crippen LogP contribution in [0.3, 0.4) is 0 Å². The first-order valence-electron chi connectivity index (χ1n) is 11.9. The van der Waals surface area contributed by atoms with E-state index >= 15 is 0 Å². The lowest BCUT2D eigenvalue weighted by Gasteiger charge is -2.16. The van der Waals surface area contributed by atoms with Crippen molar-refractivity contribution in [3.05, 3.63) is 124 Å². The number of aromatic nitrogens is 3. The zero-order valence-corrected chi connectivity index (χ0v) is 21.3. The monoisotopic (exact) mass is 546 g/mol. The molecule has 2 aromatic heterocycles. The predicted octanol–water partition coefficient (Wildman–Crippen LogP) is 6.11. The molecule has 0 spiro atoms. The van der Waals surface area contributed by atoms with E-state index in [0.29, 0.717) is 39.3 Å². The molecule has 0 aliphatic carbocycles. The molecule has 0 unspecified atom stereocenters. The molecule has 7 nitrogen and oxygen atoms in total. The van der Waals surface area contributed by atoms with E-state index in [9.17, 15) is 18.4 Å². The molecule has 0 fully saturated rings. The first kappa shape index (κ1) is 26.0. The number of carbonyl (C=O) groups is 2. The van der Waals surface area contributed by atoms with Crippen LogP contribution < -0.4 is 5.32 Å². The number of nitrogens with zero attached hydrogens (tertiary/aromatic N) is 3. The quantitative estimate of drug-likeness (QED) is 0.257. The Balaban J connectivity index is 1.56. The van der Waals surface area contributed by atoms with Crippen LogP contribution in [-0.2, 0) is 6.42 Å². The summed E-state index contributed by atoms with van der Waals surface area (Å²) in [4.78, 5) is 24.8. The number of amides is 1. The minimum Gasteiger partial charge on any atom is -0.478 e. The van der Waals surface area contributed by atoms with Crippen LogP contribution in [0.15, 0.2) is 79.0 Å². The molecule has 0 aliphatic heterocycles. The summed E-state index contributed by atoms with van der Waals surface area (Å²) in [5.74, 6) is -3.49. The number of hydrogen-bond acceptors (Lipinski definition) is 4. The molecule has 5 rings (SSSR count). The first-order chi connectivity index (χ1) is 18.7. The summed E-state index contributed by atoms with van der Waals surface area (Å²) >= 11 is 6.01. The van der Waals surface area contributed by atoms with Gasteiger partial charge in [0, 0.05) is 23.2 Å². The van der Waals surface area contributed by atoms with E-state index in [1.807, 2.05) is 12.1 Å². The lowest BCUT2D eigenvalue weighted by atomic mass is 10.0. The number of nitrogens with one attached hydrogen (secondary N) is 1. The van der Waals surface area contributed by atoms with Gasteiger partial charge in [-0.05, 0) is 66.1 Å². The second kappa shape index (κ2) is 10.6. The Hall–Kier alpha value is -4.63. The fourth-order valence-electron chi connectivity index (χ4n) is 4.28. The molecule has 0 saturated carbocycles. The van der Waals surface area contributed by atoms with E-state index < -0.39 is 29.6 Å². The number of carbonyl (C=O) groups excluding carboxylic acids is 1. The fourth-order valence-corrected chi connectivity index (χ4v) is 4.41. The van der Waals surface area contributed by atoms with Gasteiger partial charge in [0.15, 0.2) is 11.6 Å². The van der Waals surface area contributed by atoms with Gasteiger partial charge >= 0.3 is 5.97 Å². The SMILES string of the molecule is C[C@H](NC(=O)c1cc(-c2ccc(F)c(F)c2)cn2nnc(Cc3ccc(Cl)cc3)c12)c1ccc(C(=O)O)cc1. The summed E-state index contributed by atoms with van der Waals surface area (Å²) in [5.41, 5.74) is 3.78. The highest BCUT2D eigenvalue weighted by Gasteiger charge is 2.21. The van der Waals surface area contributed by atoms with Crippen LogP contribution in [0.2, 0.25) is 5.02 Å². The molecule has 0 aliphatic rings. The van der Waals surface area contributed by atoms with E-state index in [0.717, 1.165) is 17.7 Å². The number of carboxylic acids is 1. The minimum absolute atomic E-state index is 0.135. The molecule has 2 heterocycles. The van der Waals surface area contributed by atoms with Crippen molar-refractivity contribution in [2.75, 3.05) is 0 Å². The molecule has 1 atom stereocenters. The average molecular weight is 547 g/mol. The van der Waals surface area contributed by atoms with Gasteiger partial charge in [0.2, 0.25) is 0 Å². The number of pyridine rings is 1. The van der Waals surface area contributed by atoms with Crippen LogP contribution in [0.4, 0.5) is 8.78 Å². The average Bonchev–Trinajstić information content (AvgIpc) is 3.33. The smallest absolute Gasteiger partial charge is 0.335 e. The van der Waals surface area contributed by atoms with Gasteiger partial charge in [0.05, 0.1) is 22.9 Å². The maximum Gasteiger partial charge on any atom is 0.335 e. The Morgan fingerprint density at radius 1 is 0.974 bits per heavy atom. The summed E-state index contributed by atoms with van der Waals surface area (Å²) in [5, 5.41) is 21.2. The Morgan fingerprint density at radius 3 is 2.36 bits per heavy atom. The zero-order valence-electron chi connectivity index (χ0n) is 20.5. The summed E-state index contributed by atoms with van der Waals surface area (Å²) in [6.45, 7) is 1.77. The Morgan fingerprint density at radius 2 is 1.69 bits per heavy atom. The number of aromatic carboxylic acids is 1. The number of rotatable bonds is 7. The molecular formula is C29H21ClF2N4O3. The third-order valence-corrected chi connectivity index (χ3v) is 6.62. The topological polar surface area (TPSA) is 96.6 Å². The lowest BCUT2D eigenvalue weighted by Crippen LogP contribution is -2.27. The lowest BCUT2D eigenvalue weighted by molar-refractivity contribution is 0.0696. The second-order valence-corrected chi connectivity index (χ2v) is 9.46. The van der Waals surface area contributed by atoms with E-state index in [4.69, 9.17) is 16.7 Å². The van der Waals surface area contributed by atoms with Crippen LogP contribution >= 0.6 is 11.6 Å². The Kier molecular flexibility index (Phi) is 7.08. The summed E-state index contributed by atoms with van der Waals surface area (Å²) in [7, 11) is 0. The van der Waals surface area contributed by atoms with Gasteiger partial charge in [-0.15, -0.1) is 5.10 Å². The number of halogens is 3. The molecule has 0 saturated heterocycles. The number of benzene rings is 3. The van der Waals surface area contributed by atoms with Gasteiger partial charge < -0.3 is 10.4 Å². The minimum atomic E-state index is -1.05. The highest BCUT2D eigenvalue weighted by Crippen LogP contribution is 2.27. The molecule has 39 heavy (non-hydrogen) atoms. The van der Waals surface area contributed by atoms with E-state index in [1.165, 1.54) is 22.7 Å². The van der Waals surface area contributed by atoms with Crippen LogP contribution in [0.1, 0.15) is 50.5 Å². The van der Waals surface area contributed by atoms with E-state index in [-0.39, 0.29) is 11.1 Å². The second-order valence-electron chi connectivity index (χ2n) is 9.03. The number of fused-ring (bicyclic) bond motifs is 1. The van der Waals surface area contributed by atoms with Crippen molar-refractivity contribution in [2.45, 2.75) is 19.4 Å². The van der Waals surface area contributed by atoms with Crippen LogP contribution in [0, 0.1) is 11.6 Å². The van der Waals surface area contributed by atoms with Crippen molar-refractivity contribution in [1.82, 2.24) is 20.1 Å². The van der Waals surface area contributed by atoms with Crippen LogP contribution in [0.25, 0.3) is 16.6 Å². The molecule has 0 bridgehead atoms. The molecule has 3 aromatic carbocycles. The Labute approximate surface area is 226 Å². The first-order valence-corrected chi connectivity index (χ1v) is 12.3. The van der Waals surface area contributed by atoms with Gasteiger partial charge in [-0.25, -0.2) is 18.1 Å². The number of carboxylic acid groups (broad SMARTS) is 1. The van der Waals surface area contributed by atoms with Gasteiger partial charge in [-0.3, -0.25) is 4.79 Å². The predicted molar refractivity (Wildman–Crippen MR) is 142 cm³/mol. The van der Waals surface area contributed by atoms with Crippen LogP contribution in [-0.4, -0.2) is 31.8 Å². The van der Waals surface area contributed by atoms with Crippen molar-refractivity contribution < 1.29 is 23.5 Å². The molecule has 10 heteroatoms. The Bertz CT molecular complexity index is 1700. The summed E-state index contributed by atoms with van der Waals surface area (Å²) in [6.07, 6.45) is 1.98. The van der Waals surface area contributed by atoms with Crippen molar-refractivity contribution >= 4 is 29.0 Å². The molecule has 0 radical (unpaired) electrons. The molecule has 196 valence electrons. The third-order valence-electron chi connectivity index (χ3n) is 6.37. The van der Waals surface area contributed by atoms with Crippen molar-refractivity contribution in [3.63, 3.8) is 0 Å². The van der Waals surface area contributed by atoms with E-state index in [1.54, 1.807) is 43.5 Å². The summed E-state index contributed by atoms with van der Waals surface area (Å²) < 4.78 is 29.0. The molecule has 1 amide bonds. The zero-order chi connectivity index (χ0) is 27.7. The van der Waals surface area contributed by atoms with Gasteiger partial charge in [0.1, 0.15) is 5.52 Å². The molecule has 5 aromatic rings. The van der Waals surface area contributed by atoms with Gasteiger partial charge in [-0.2, -0.15) is 0 Å². The number of hydrogen-bond donors (Lipinski definition) is 2. The van der Waals surface area contributed by atoms with Crippen LogP contribution in [0.5, 0.6) is 0 Å². The maximum absolute atomic E-state index is 14.0. The molecule has 2 N–H and O–H groups in total. The standard InChI is InChI=1S/C29H21ClF2N4O3/c1-16(18-4-6-19(7-5-18)29(38)39)33-28(37)23-13-21(20-8-11-24(31)25(32)14-20)15-36-27(23)26(34-35-36)12-17-2-9-22(30)10-3-17/h2-11,13-16H,12H2,1H3,(H,33,37)(H,38,39)/t16-/m0/s1. The van der Waals surface area contributed by atoms with Gasteiger partial charge in [0.25, 0.3) is 5.91 Å². The summed E-state index contributed by atoms with van der Waals surface area (Å²) in [6, 6.07) is 18.0. The molecular weight excluding hydrogens is 526 g/mol. The normalized spacial score (nSPS) is 11.9. The maximum atomic E-state index is 14.0. The van der Waals surface area contributed by atoms with Crippen molar-refractivity contribution in [3.8, 4) is 11.1 Å². The van der Waals surface area contributed by atoms with E-state index in [2.05, 4.69) is 15.6 Å². The highest BCUT2D eigenvalue weighted by molar-refractivity contribution is 6.30. The van der Waals surface area contributed by atoms with Crippen molar-refractivity contribution in [1.29, 1.82) is 0 Å². The highest BCUT2D eigenvalue weighted by atomic mass is 35.5. The van der Waals surface area contributed by atoms with Gasteiger partial charge in [-0.1, -0.05) is 47.1 Å². The fraction of sp³-hybridized carbons (Fsp3) is 0.103. The largest absolute Gasteiger partial charge is 0.478 e.